The standard InChI is InChI=1S/C10H9BrF2O/c1-10(12,13)8-4-2-3-7(5-8)9(14)6-11/h2-5H,6H2,1H3. The van der Waals surface area contributed by atoms with Gasteiger partial charge in [-0.1, -0.05) is 34.1 Å². The van der Waals surface area contributed by atoms with Gasteiger partial charge in [-0.15, -0.1) is 0 Å². The Hall–Kier alpha value is -0.770. The predicted molar refractivity (Wildman–Crippen MR) is 54.1 cm³/mol. The third-order valence-corrected chi connectivity index (χ3v) is 2.32. The van der Waals surface area contributed by atoms with Crippen molar-refractivity contribution in [2.75, 3.05) is 5.33 Å². The van der Waals surface area contributed by atoms with E-state index in [4.69, 9.17) is 0 Å². The fourth-order valence-corrected chi connectivity index (χ4v) is 1.37. The van der Waals surface area contributed by atoms with Gasteiger partial charge in [0.2, 0.25) is 0 Å². The van der Waals surface area contributed by atoms with Crippen LogP contribution in [-0.2, 0) is 5.92 Å². The number of benzene rings is 1. The zero-order valence-electron chi connectivity index (χ0n) is 7.56. The SMILES string of the molecule is CC(F)(F)c1cccc(C(=O)CBr)c1. The summed E-state index contributed by atoms with van der Waals surface area (Å²) in [6.07, 6.45) is 0. The van der Waals surface area contributed by atoms with Gasteiger partial charge in [-0.3, -0.25) is 4.79 Å². The van der Waals surface area contributed by atoms with Crippen LogP contribution in [0.25, 0.3) is 0 Å². The molecule has 0 saturated carbocycles. The van der Waals surface area contributed by atoms with Crippen LogP contribution in [0.2, 0.25) is 0 Å². The Balaban J connectivity index is 3.08. The van der Waals surface area contributed by atoms with E-state index < -0.39 is 5.92 Å². The molecule has 0 saturated heterocycles. The molecule has 1 aromatic rings. The minimum Gasteiger partial charge on any atom is -0.293 e. The highest BCUT2D eigenvalue weighted by molar-refractivity contribution is 9.09. The second kappa shape index (κ2) is 4.17. The molecule has 14 heavy (non-hydrogen) atoms. The summed E-state index contributed by atoms with van der Waals surface area (Å²) in [7, 11) is 0. The molecular formula is C10H9BrF2O. The number of carbonyl (C=O) groups excluding carboxylic acids is 1. The Morgan fingerprint density at radius 3 is 2.64 bits per heavy atom. The van der Waals surface area contributed by atoms with E-state index in [9.17, 15) is 13.6 Å². The quantitative estimate of drug-likeness (QED) is 0.603. The number of rotatable bonds is 3. The summed E-state index contributed by atoms with van der Waals surface area (Å²) in [6.45, 7) is 0.810. The van der Waals surface area contributed by atoms with Crippen LogP contribution in [0.1, 0.15) is 22.8 Å². The van der Waals surface area contributed by atoms with Gasteiger partial charge in [0.25, 0.3) is 5.92 Å². The lowest BCUT2D eigenvalue weighted by Crippen LogP contribution is -2.09. The van der Waals surface area contributed by atoms with Gasteiger partial charge in [0, 0.05) is 18.1 Å². The Labute approximate surface area is 89.3 Å². The molecule has 0 spiro atoms. The first-order valence-corrected chi connectivity index (χ1v) is 5.15. The molecular weight excluding hydrogens is 254 g/mol. The lowest BCUT2D eigenvalue weighted by molar-refractivity contribution is 0.0174. The van der Waals surface area contributed by atoms with Gasteiger partial charge in [-0.2, -0.15) is 0 Å². The van der Waals surface area contributed by atoms with Crippen molar-refractivity contribution in [1.29, 1.82) is 0 Å². The number of halogens is 3. The summed E-state index contributed by atoms with van der Waals surface area (Å²) in [5.74, 6) is -3.10. The Kier molecular flexibility index (Phi) is 3.37. The molecule has 1 rings (SSSR count). The summed E-state index contributed by atoms with van der Waals surface area (Å²) in [4.78, 5) is 11.2. The number of Topliss-reactive ketones (excluding diaryl/α,β-unsaturated/α-hetero) is 1. The molecule has 76 valence electrons. The average Bonchev–Trinajstić information content (AvgIpc) is 2.15. The van der Waals surface area contributed by atoms with Crippen molar-refractivity contribution < 1.29 is 13.6 Å². The van der Waals surface area contributed by atoms with Gasteiger partial charge in [-0.05, 0) is 6.07 Å². The number of hydrogen-bond donors (Lipinski definition) is 0. The normalized spacial score (nSPS) is 11.4. The van der Waals surface area contributed by atoms with Gasteiger partial charge in [-0.25, -0.2) is 8.78 Å². The maximum Gasteiger partial charge on any atom is 0.270 e. The maximum atomic E-state index is 12.9. The second-order valence-corrected chi connectivity index (χ2v) is 3.59. The summed E-state index contributed by atoms with van der Waals surface area (Å²) in [6, 6.07) is 5.52. The van der Waals surface area contributed by atoms with E-state index in [0.717, 1.165) is 6.92 Å². The smallest absolute Gasteiger partial charge is 0.270 e. The molecule has 0 radical (unpaired) electrons. The van der Waals surface area contributed by atoms with Crippen molar-refractivity contribution in [2.24, 2.45) is 0 Å². The lowest BCUT2D eigenvalue weighted by Gasteiger charge is -2.10. The van der Waals surface area contributed by atoms with Crippen molar-refractivity contribution in [2.45, 2.75) is 12.8 Å². The van der Waals surface area contributed by atoms with Crippen LogP contribution < -0.4 is 0 Å². The maximum absolute atomic E-state index is 12.9. The molecule has 0 N–H and O–H groups in total. The zero-order chi connectivity index (χ0) is 10.8. The van der Waals surface area contributed by atoms with Crippen LogP contribution in [0.3, 0.4) is 0 Å². The van der Waals surface area contributed by atoms with Crippen LogP contribution in [0.15, 0.2) is 24.3 Å². The van der Waals surface area contributed by atoms with Crippen LogP contribution >= 0.6 is 15.9 Å². The van der Waals surface area contributed by atoms with Crippen molar-refractivity contribution in [3.05, 3.63) is 35.4 Å². The van der Waals surface area contributed by atoms with Crippen LogP contribution in [0, 0.1) is 0 Å². The van der Waals surface area contributed by atoms with Gasteiger partial charge in [0.05, 0.1) is 5.33 Å². The zero-order valence-corrected chi connectivity index (χ0v) is 9.14. The van der Waals surface area contributed by atoms with E-state index in [1.54, 1.807) is 0 Å². The highest BCUT2D eigenvalue weighted by Gasteiger charge is 2.24. The van der Waals surface area contributed by atoms with Gasteiger partial charge < -0.3 is 0 Å². The van der Waals surface area contributed by atoms with Crippen molar-refractivity contribution in [3.63, 3.8) is 0 Å². The molecule has 0 fully saturated rings. The third kappa shape index (κ3) is 2.61. The van der Waals surface area contributed by atoms with Crippen LogP contribution in [-0.4, -0.2) is 11.1 Å². The molecule has 0 aliphatic rings. The van der Waals surface area contributed by atoms with Crippen molar-refractivity contribution in [3.8, 4) is 0 Å². The molecule has 0 atom stereocenters. The fraction of sp³-hybridized carbons (Fsp3) is 0.300. The Bertz CT molecular complexity index is 344. The summed E-state index contributed by atoms with van der Waals surface area (Å²) < 4.78 is 25.8. The topological polar surface area (TPSA) is 17.1 Å². The van der Waals surface area contributed by atoms with E-state index in [1.165, 1.54) is 24.3 Å². The van der Waals surface area contributed by atoms with E-state index in [1.807, 2.05) is 0 Å². The number of hydrogen-bond acceptors (Lipinski definition) is 1. The number of ketones is 1. The lowest BCUT2D eigenvalue weighted by atomic mass is 10.0. The molecule has 1 aromatic carbocycles. The molecule has 0 unspecified atom stereocenters. The number of carbonyl (C=O) groups is 1. The molecule has 0 bridgehead atoms. The van der Waals surface area contributed by atoms with Gasteiger partial charge in [0.15, 0.2) is 5.78 Å². The van der Waals surface area contributed by atoms with Crippen molar-refractivity contribution >= 4 is 21.7 Å². The predicted octanol–water partition coefficient (Wildman–Crippen LogP) is 3.38. The van der Waals surface area contributed by atoms with Crippen LogP contribution in [0.5, 0.6) is 0 Å². The average molecular weight is 263 g/mol. The van der Waals surface area contributed by atoms with Gasteiger partial charge >= 0.3 is 0 Å². The van der Waals surface area contributed by atoms with E-state index in [2.05, 4.69) is 15.9 Å². The first-order chi connectivity index (χ1) is 6.45. The molecule has 0 aliphatic carbocycles. The van der Waals surface area contributed by atoms with Gasteiger partial charge in [0.1, 0.15) is 0 Å². The number of alkyl halides is 3. The van der Waals surface area contributed by atoms with Crippen molar-refractivity contribution in [1.82, 2.24) is 0 Å². The first kappa shape index (κ1) is 11.3. The largest absolute Gasteiger partial charge is 0.293 e. The highest BCUT2D eigenvalue weighted by atomic mass is 79.9. The fourth-order valence-electron chi connectivity index (χ4n) is 1.04. The van der Waals surface area contributed by atoms with Crippen LogP contribution in [0.4, 0.5) is 8.78 Å². The molecule has 1 nitrogen and oxygen atoms in total. The molecule has 4 heteroatoms. The second-order valence-electron chi connectivity index (χ2n) is 3.03. The molecule has 0 aliphatic heterocycles. The molecule has 0 aromatic heterocycles. The summed E-state index contributed by atoms with van der Waals surface area (Å²) in [5, 5.41) is 0.145. The summed E-state index contributed by atoms with van der Waals surface area (Å²) in [5.41, 5.74) is 0.171. The first-order valence-electron chi connectivity index (χ1n) is 4.02. The van der Waals surface area contributed by atoms with E-state index in [0.29, 0.717) is 5.56 Å². The van der Waals surface area contributed by atoms with E-state index >= 15 is 0 Å². The monoisotopic (exact) mass is 262 g/mol. The Morgan fingerprint density at radius 1 is 1.50 bits per heavy atom. The third-order valence-electron chi connectivity index (χ3n) is 1.81. The molecule has 0 amide bonds. The Morgan fingerprint density at radius 2 is 2.14 bits per heavy atom. The minimum atomic E-state index is -2.90. The molecule has 0 heterocycles. The van der Waals surface area contributed by atoms with E-state index in [-0.39, 0.29) is 16.7 Å². The highest BCUT2D eigenvalue weighted by Crippen LogP contribution is 2.27. The summed E-state index contributed by atoms with van der Waals surface area (Å²) >= 11 is 2.99. The minimum absolute atomic E-state index is 0.135.